The van der Waals surface area contributed by atoms with E-state index in [9.17, 15) is 4.79 Å². The maximum absolute atomic E-state index is 14.3. The molecule has 2 aromatic heterocycles. The highest BCUT2D eigenvalue weighted by Gasteiger charge is 2.34. The van der Waals surface area contributed by atoms with Gasteiger partial charge < -0.3 is 33.8 Å². The number of fused-ring (bicyclic) bond motifs is 1. The molecule has 58 heavy (non-hydrogen) atoms. The van der Waals surface area contributed by atoms with E-state index < -0.39 is 0 Å². The number of rotatable bonds is 12. The molecule has 0 unspecified atom stereocenters. The first-order valence-corrected chi connectivity index (χ1v) is 20.1. The lowest BCUT2D eigenvalue weighted by Crippen LogP contribution is -2.46. The van der Waals surface area contributed by atoms with Crippen LogP contribution in [0.1, 0.15) is 23.6 Å². The molecule has 2 fully saturated rings. The molecule has 14 heteroatoms. The summed E-state index contributed by atoms with van der Waals surface area (Å²) in [6.07, 6.45) is 4.28. The maximum Gasteiger partial charge on any atom is 0.329 e. The van der Waals surface area contributed by atoms with Crippen LogP contribution in [0.2, 0.25) is 0 Å². The molecule has 2 amide bonds. The highest BCUT2D eigenvalue weighted by Crippen LogP contribution is 2.37. The number of hydrogen-bond acceptors (Lipinski definition) is 12. The van der Waals surface area contributed by atoms with Crippen molar-refractivity contribution >= 4 is 35.1 Å². The molecule has 3 aromatic carbocycles. The van der Waals surface area contributed by atoms with Crippen molar-refractivity contribution in [2.45, 2.75) is 26.4 Å². The van der Waals surface area contributed by atoms with Crippen molar-refractivity contribution in [3.8, 4) is 22.8 Å². The minimum Gasteiger partial charge on any atom is -0.497 e. The molecular weight excluding hydrogens is 733 g/mol. The summed E-state index contributed by atoms with van der Waals surface area (Å²) < 4.78 is 16.4. The number of morpholine rings is 1. The SMILES string of the molecule is CCN1CCN(c2ccc(N(C)C(=O)N3CCc4c(-c5cnc(N(Cc6ccc(OC)cc6)Cc6ccc(OC)cc6)nc5)nc(N5CCOCC5)nc43)cc2)CC1. The Morgan fingerprint density at radius 1 is 0.741 bits per heavy atom. The summed E-state index contributed by atoms with van der Waals surface area (Å²) >= 11 is 0. The molecule has 0 N–H and O–H groups in total. The number of benzene rings is 3. The van der Waals surface area contributed by atoms with Crippen LogP contribution in [-0.4, -0.2) is 118 Å². The number of ether oxygens (including phenoxy) is 3. The second-order valence-electron chi connectivity index (χ2n) is 14.8. The molecule has 0 radical (unpaired) electrons. The Labute approximate surface area is 340 Å². The normalized spacial score (nSPS) is 15.6. The second-order valence-corrected chi connectivity index (χ2v) is 14.8. The Kier molecular flexibility index (Phi) is 11.8. The van der Waals surface area contributed by atoms with Gasteiger partial charge in [-0.15, -0.1) is 0 Å². The molecule has 0 aliphatic carbocycles. The molecule has 3 aliphatic rings. The van der Waals surface area contributed by atoms with E-state index in [1.54, 1.807) is 24.0 Å². The molecule has 2 saturated heterocycles. The monoisotopic (exact) mass is 784 g/mol. The average Bonchev–Trinajstić information content (AvgIpc) is 3.73. The zero-order chi connectivity index (χ0) is 40.0. The lowest BCUT2D eigenvalue weighted by Gasteiger charge is -2.35. The fraction of sp³-hybridized carbons (Fsp3) is 0.386. The van der Waals surface area contributed by atoms with E-state index in [-0.39, 0.29) is 6.03 Å². The lowest BCUT2D eigenvalue weighted by molar-refractivity contribution is 0.122. The van der Waals surface area contributed by atoms with Crippen LogP contribution in [0.15, 0.2) is 85.2 Å². The Balaban J connectivity index is 1.07. The molecule has 0 saturated carbocycles. The second kappa shape index (κ2) is 17.7. The van der Waals surface area contributed by atoms with Crippen molar-refractivity contribution in [2.75, 3.05) is 111 Å². The number of likely N-dealkylation sites (N-methyl/N-ethyl adjacent to an activating group) is 1. The number of carbonyl (C=O) groups is 1. The fourth-order valence-electron chi connectivity index (χ4n) is 7.78. The number of anilines is 5. The summed E-state index contributed by atoms with van der Waals surface area (Å²) in [5, 5.41) is 0. The average molecular weight is 785 g/mol. The number of aromatic nitrogens is 4. The molecule has 8 rings (SSSR count). The molecule has 302 valence electrons. The van der Waals surface area contributed by atoms with Gasteiger partial charge in [-0.05, 0) is 72.6 Å². The van der Waals surface area contributed by atoms with Gasteiger partial charge in [-0.1, -0.05) is 31.2 Å². The molecule has 5 heterocycles. The Bertz CT molecular complexity index is 2090. The highest BCUT2D eigenvalue weighted by molar-refractivity contribution is 6.04. The number of hydrogen-bond donors (Lipinski definition) is 0. The zero-order valence-corrected chi connectivity index (χ0v) is 33.9. The van der Waals surface area contributed by atoms with Crippen molar-refractivity contribution in [3.63, 3.8) is 0 Å². The van der Waals surface area contributed by atoms with Gasteiger partial charge in [0.1, 0.15) is 17.3 Å². The van der Waals surface area contributed by atoms with E-state index in [4.69, 9.17) is 34.1 Å². The van der Waals surface area contributed by atoms with Gasteiger partial charge in [0.2, 0.25) is 11.9 Å². The van der Waals surface area contributed by atoms with Gasteiger partial charge >= 0.3 is 6.03 Å². The van der Waals surface area contributed by atoms with E-state index >= 15 is 0 Å². The lowest BCUT2D eigenvalue weighted by atomic mass is 10.1. The predicted molar refractivity (Wildman–Crippen MR) is 228 cm³/mol. The van der Waals surface area contributed by atoms with Crippen molar-refractivity contribution in [1.82, 2.24) is 24.8 Å². The standard InChI is InChI=1S/C44H52N10O4/c1-5-50-20-22-51(23-21-50)36-12-10-35(11-13-36)49(2)44(55)54-19-18-39-40(47-43(48-41(39)54)52-24-26-58-27-25-52)34-28-45-42(46-29-34)53(30-32-6-14-37(56-3)15-7-32)31-33-8-16-38(57-4)17-9-33/h6-17,28-29H,5,18-27,30-31H2,1-4H3. The summed E-state index contributed by atoms with van der Waals surface area (Å²) in [6.45, 7) is 11.6. The van der Waals surface area contributed by atoms with Crippen molar-refractivity contribution in [2.24, 2.45) is 0 Å². The summed E-state index contributed by atoms with van der Waals surface area (Å²) in [4.78, 5) is 47.0. The van der Waals surface area contributed by atoms with Crippen molar-refractivity contribution in [3.05, 3.63) is 102 Å². The number of urea groups is 1. The molecule has 0 spiro atoms. The van der Waals surface area contributed by atoms with E-state index in [2.05, 4.69) is 62.9 Å². The van der Waals surface area contributed by atoms with Crippen LogP contribution in [0, 0.1) is 0 Å². The fourth-order valence-corrected chi connectivity index (χ4v) is 7.78. The minimum absolute atomic E-state index is 0.139. The quantitative estimate of drug-likeness (QED) is 0.153. The summed E-state index contributed by atoms with van der Waals surface area (Å²) in [5.74, 6) is 3.38. The third-order valence-electron chi connectivity index (χ3n) is 11.3. The van der Waals surface area contributed by atoms with Crippen molar-refractivity contribution in [1.29, 1.82) is 0 Å². The van der Waals surface area contributed by atoms with Crippen LogP contribution >= 0.6 is 0 Å². The summed E-state index contributed by atoms with van der Waals surface area (Å²) in [5.41, 5.74) is 6.62. The van der Waals surface area contributed by atoms with Crippen LogP contribution in [0.5, 0.6) is 11.5 Å². The number of methoxy groups -OCH3 is 2. The van der Waals surface area contributed by atoms with Crippen molar-refractivity contribution < 1.29 is 19.0 Å². The topological polar surface area (TPSA) is 116 Å². The van der Waals surface area contributed by atoms with Crippen LogP contribution in [0.25, 0.3) is 11.3 Å². The van der Waals surface area contributed by atoms with E-state index in [0.29, 0.717) is 70.1 Å². The van der Waals surface area contributed by atoms with Crippen LogP contribution in [0.3, 0.4) is 0 Å². The zero-order valence-electron chi connectivity index (χ0n) is 33.9. The van der Waals surface area contributed by atoms with E-state index in [0.717, 1.165) is 77.9 Å². The van der Waals surface area contributed by atoms with E-state index in [1.807, 2.05) is 55.8 Å². The van der Waals surface area contributed by atoms with Gasteiger partial charge in [-0.3, -0.25) is 9.80 Å². The first-order chi connectivity index (χ1) is 28.4. The molecule has 0 atom stereocenters. The number of nitrogens with zero attached hydrogens (tertiary/aromatic N) is 10. The van der Waals surface area contributed by atoms with Crippen LogP contribution in [0.4, 0.5) is 33.9 Å². The number of carbonyl (C=O) groups excluding carboxylic acids is 1. The minimum atomic E-state index is -0.139. The highest BCUT2D eigenvalue weighted by atomic mass is 16.5. The van der Waals surface area contributed by atoms with Gasteiger partial charge in [0.25, 0.3) is 0 Å². The number of amides is 2. The molecule has 5 aromatic rings. The Morgan fingerprint density at radius 3 is 1.91 bits per heavy atom. The predicted octanol–water partition coefficient (Wildman–Crippen LogP) is 5.76. The van der Waals surface area contributed by atoms with Gasteiger partial charge in [0.15, 0.2) is 0 Å². The third kappa shape index (κ3) is 8.48. The van der Waals surface area contributed by atoms with Gasteiger partial charge in [0.05, 0.1) is 33.1 Å². The molecule has 14 nitrogen and oxygen atoms in total. The van der Waals surface area contributed by atoms with Crippen LogP contribution < -0.4 is 34.0 Å². The van der Waals surface area contributed by atoms with Gasteiger partial charge in [-0.2, -0.15) is 4.98 Å². The first-order valence-electron chi connectivity index (χ1n) is 20.1. The molecule has 3 aliphatic heterocycles. The van der Waals surface area contributed by atoms with Gasteiger partial charge in [0, 0.05) is 101 Å². The van der Waals surface area contributed by atoms with Gasteiger partial charge in [-0.25, -0.2) is 19.7 Å². The summed E-state index contributed by atoms with van der Waals surface area (Å²) in [6, 6.07) is 24.2. The smallest absolute Gasteiger partial charge is 0.329 e. The van der Waals surface area contributed by atoms with Crippen LogP contribution in [-0.2, 0) is 24.2 Å². The molecule has 0 bridgehead atoms. The summed E-state index contributed by atoms with van der Waals surface area (Å²) in [7, 11) is 5.16. The van der Waals surface area contributed by atoms with E-state index in [1.165, 1.54) is 5.69 Å². The Hall–Kier alpha value is -5.99. The third-order valence-corrected chi connectivity index (χ3v) is 11.3. The molecular formula is C44H52N10O4. The largest absolute Gasteiger partial charge is 0.497 e. The number of piperazine rings is 1. The Morgan fingerprint density at radius 2 is 1.34 bits per heavy atom. The first kappa shape index (κ1) is 38.9. The maximum atomic E-state index is 14.3.